The van der Waals surface area contributed by atoms with Crippen molar-refractivity contribution in [3.8, 4) is 11.8 Å². The van der Waals surface area contributed by atoms with Crippen LogP contribution < -0.4 is 0 Å². The van der Waals surface area contributed by atoms with E-state index in [1.165, 1.54) is 0 Å². The average molecular weight is 217 g/mol. The van der Waals surface area contributed by atoms with Crippen molar-refractivity contribution in [3.63, 3.8) is 0 Å². The fourth-order valence-electron chi connectivity index (χ4n) is 0.746. The second kappa shape index (κ2) is 6.73. The number of alkyl halides is 1. The third-order valence-corrected chi connectivity index (χ3v) is 1.54. The van der Waals surface area contributed by atoms with Crippen LogP contribution in [0.4, 0.5) is 0 Å². The van der Waals surface area contributed by atoms with Crippen LogP contribution in [0.1, 0.15) is 40.0 Å². The fourth-order valence-corrected chi connectivity index (χ4v) is 0.935. The predicted molar refractivity (Wildman–Crippen MR) is 58.2 cm³/mol. The van der Waals surface area contributed by atoms with E-state index < -0.39 is 11.6 Å². The summed E-state index contributed by atoms with van der Waals surface area (Å²) in [5, 5.41) is 0. The van der Waals surface area contributed by atoms with Crippen molar-refractivity contribution < 1.29 is 9.53 Å². The lowest BCUT2D eigenvalue weighted by Gasteiger charge is -2.16. The molecule has 0 rings (SSSR count). The van der Waals surface area contributed by atoms with E-state index in [0.29, 0.717) is 12.3 Å². The Morgan fingerprint density at radius 1 is 1.36 bits per heavy atom. The SMILES string of the molecule is CC(C)(C)OC(=O)C#CCCCCCl. The number of ether oxygens (including phenoxy) is 1. The minimum absolute atomic E-state index is 0.455. The second-order valence-electron chi connectivity index (χ2n) is 3.95. The van der Waals surface area contributed by atoms with Gasteiger partial charge in [0.1, 0.15) is 5.60 Å². The van der Waals surface area contributed by atoms with Crippen LogP contribution in [0.25, 0.3) is 0 Å². The summed E-state index contributed by atoms with van der Waals surface area (Å²) < 4.78 is 5.01. The summed E-state index contributed by atoms with van der Waals surface area (Å²) in [6, 6.07) is 0. The van der Waals surface area contributed by atoms with E-state index in [1.54, 1.807) is 0 Å². The van der Waals surface area contributed by atoms with Gasteiger partial charge in [-0.3, -0.25) is 0 Å². The van der Waals surface area contributed by atoms with Crippen LogP contribution >= 0.6 is 11.6 Å². The first-order valence-electron chi connectivity index (χ1n) is 4.73. The molecule has 0 saturated heterocycles. The van der Waals surface area contributed by atoms with Gasteiger partial charge < -0.3 is 4.74 Å². The molecule has 0 aliphatic carbocycles. The van der Waals surface area contributed by atoms with Gasteiger partial charge in [-0.25, -0.2) is 4.79 Å². The normalized spacial score (nSPS) is 10.3. The van der Waals surface area contributed by atoms with Crippen molar-refractivity contribution in [2.75, 3.05) is 5.88 Å². The molecule has 0 heterocycles. The van der Waals surface area contributed by atoms with Crippen molar-refractivity contribution in [2.24, 2.45) is 0 Å². The molecule has 0 N–H and O–H groups in total. The molecule has 0 aromatic rings. The third kappa shape index (κ3) is 9.41. The lowest BCUT2D eigenvalue weighted by atomic mass is 10.2. The van der Waals surface area contributed by atoms with E-state index in [1.807, 2.05) is 20.8 Å². The summed E-state index contributed by atoms with van der Waals surface area (Å²) in [6.45, 7) is 5.46. The van der Waals surface area contributed by atoms with Crippen molar-refractivity contribution in [3.05, 3.63) is 0 Å². The van der Waals surface area contributed by atoms with E-state index in [-0.39, 0.29) is 0 Å². The van der Waals surface area contributed by atoms with Crippen LogP contribution in [0.2, 0.25) is 0 Å². The number of halogens is 1. The Kier molecular flexibility index (Phi) is 6.40. The van der Waals surface area contributed by atoms with Crippen molar-refractivity contribution >= 4 is 17.6 Å². The van der Waals surface area contributed by atoms with E-state index in [0.717, 1.165) is 12.8 Å². The fraction of sp³-hybridized carbons (Fsp3) is 0.727. The zero-order chi connectivity index (χ0) is 11.0. The first kappa shape index (κ1) is 13.3. The largest absolute Gasteiger partial charge is 0.450 e. The maximum atomic E-state index is 11.1. The number of carbonyl (C=O) groups excluding carboxylic acids is 1. The highest BCUT2D eigenvalue weighted by Crippen LogP contribution is 2.06. The molecule has 0 aromatic heterocycles. The van der Waals surface area contributed by atoms with Crippen LogP contribution in [0, 0.1) is 11.8 Å². The van der Waals surface area contributed by atoms with Crippen molar-refractivity contribution in [2.45, 2.75) is 45.6 Å². The van der Waals surface area contributed by atoms with Gasteiger partial charge in [0, 0.05) is 18.2 Å². The molecule has 0 atom stereocenters. The molecule has 0 aromatic carbocycles. The molecular formula is C11H17ClO2. The van der Waals surface area contributed by atoms with Crippen LogP contribution in [0.3, 0.4) is 0 Å². The first-order valence-corrected chi connectivity index (χ1v) is 5.27. The minimum atomic E-state index is -0.456. The molecule has 80 valence electrons. The highest BCUT2D eigenvalue weighted by Gasteiger charge is 2.13. The minimum Gasteiger partial charge on any atom is -0.450 e. The van der Waals surface area contributed by atoms with Crippen molar-refractivity contribution in [1.82, 2.24) is 0 Å². The second-order valence-corrected chi connectivity index (χ2v) is 4.33. The molecule has 2 nitrogen and oxygen atoms in total. The Labute approximate surface area is 91.0 Å². The van der Waals surface area contributed by atoms with Gasteiger partial charge >= 0.3 is 5.97 Å². The topological polar surface area (TPSA) is 26.3 Å². The van der Waals surface area contributed by atoms with E-state index in [9.17, 15) is 4.79 Å². The lowest BCUT2D eigenvalue weighted by molar-refractivity contribution is -0.147. The smallest absolute Gasteiger partial charge is 0.384 e. The maximum Gasteiger partial charge on any atom is 0.384 e. The molecule has 0 radical (unpaired) electrons. The predicted octanol–water partition coefficient (Wildman–Crippen LogP) is 2.74. The van der Waals surface area contributed by atoms with Crippen LogP contribution in [0.5, 0.6) is 0 Å². The summed E-state index contributed by atoms with van der Waals surface area (Å²) in [4.78, 5) is 11.1. The molecule has 0 amide bonds. The van der Waals surface area contributed by atoms with Crippen LogP contribution in [-0.4, -0.2) is 17.5 Å². The lowest BCUT2D eigenvalue weighted by Crippen LogP contribution is -2.22. The molecule has 0 unspecified atom stereocenters. The Morgan fingerprint density at radius 3 is 2.50 bits per heavy atom. The Bertz CT molecular complexity index is 230. The molecule has 0 bridgehead atoms. The standard InChI is InChI=1S/C11H17ClO2/c1-11(2,3)14-10(13)8-6-4-5-7-9-12/h4-5,7,9H2,1-3H3. The van der Waals surface area contributed by atoms with Gasteiger partial charge in [0.25, 0.3) is 0 Å². The molecule has 14 heavy (non-hydrogen) atoms. The monoisotopic (exact) mass is 216 g/mol. The number of hydrogen-bond donors (Lipinski definition) is 0. The van der Waals surface area contributed by atoms with E-state index >= 15 is 0 Å². The molecule has 0 spiro atoms. The Hall–Kier alpha value is -0.680. The zero-order valence-electron chi connectivity index (χ0n) is 9.02. The first-order chi connectivity index (χ1) is 6.45. The Morgan fingerprint density at radius 2 is 2.00 bits per heavy atom. The summed E-state index contributed by atoms with van der Waals surface area (Å²) >= 11 is 5.49. The molecule has 0 saturated carbocycles. The van der Waals surface area contributed by atoms with Gasteiger partial charge in [-0.05, 0) is 33.6 Å². The number of hydrogen-bond acceptors (Lipinski definition) is 2. The van der Waals surface area contributed by atoms with Gasteiger partial charge in [0.2, 0.25) is 0 Å². The van der Waals surface area contributed by atoms with E-state index in [4.69, 9.17) is 16.3 Å². The number of carbonyl (C=O) groups is 1. The number of unbranched alkanes of at least 4 members (excludes halogenated alkanes) is 2. The van der Waals surface area contributed by atoms with Gasteiger partial charge in [-0.15, -0.1) is 11.6 Å². The van der Waals surface area contributed by atoms with Crippen LogP contribution in [-0.2, 0) is 9.53 Å². The average Bonchev–Trinajstić information content (AvgIpc) is 2.00. The summed E-state index contributed by atoms with van der Waals surface area (Å²) in [7, 11) is 0. The highest BCUT2D eigenvalue weighted by molar-refractivity contribution is 6.17. The number of esters is 1. The molecule has 3 heteroatoms. The Balaban J connectivity index is 3.71. The summed E-state index contributed by atoms with van der Waals surface area (Å²) in [5.74, 6) is 5.39. The third-order valence-electron chi connectivity index (χ3n) is 1.27. The van der Waals surface area contributed by atoms with Crippen LogP contribution in [0.15, 0.2) is 0 Å². The molecule has 0 aliphatic rings. The zero-order valence-corrected chi connectivity index (χ0v) is 9.78. The summed E-state index contributed by atoms with van der Waals surface area (Å²) in [5.41, 5.74) is -0.456. The molecule has 0 fully saturated rings. The highest BCUT2D eigenvalue weighted by atomic mass is 35.5. The van der Waals surface area contributed by atoms with E-state index in [2.05, 4.69) is 11.8 Å². The molecule has 0 aliphatic heterocycles. The van der Waals surface area contributed by atoms with Crippen molar-refractivity contribution in [1.29, 1.82) is 0 Å². The molecular weight excluding hydrogens is 200 g/mol. The van der Waals surface area contributed by atoms with Gasteiger partial charge in [0.05, 0.1) is 0 Å². The van der Waals surface area contributed by atoms with Gasteiger partial charge in [0.15, 0.2) is 0 Å². The number of rotatable bonds is 3. The van der Waals surface area contributed by atoms with Gasteiger partial charge in [-0.2, -0.15) is 0 Å². The van der Waals surface area contributed by atoms with Gasteiger partial charge in [-0.1, -0.05) is 5.92 Å². The summed E-state index contributed by atoms with van der Waals surface area (Å²) in [6.07, 6.45) is 2.57. The maximum absolute atomic E-state index is 11.1. The quantitative estimate of drug-likeness (QED) is 0.238.